The van der Waals surface area contributed by atoms with E-state index in [1.807, 2.05) is 0 Å². The van der Waals surface area contributed by atoms with E-state index in [4.69, 9.17) is 4.74 Å². The van der Waals surface area contributed by atoms with Crippen LogP contribution in [0.2, 0.25) is 0 Å². The quantitative estimate of drug-likeness (QED) is 0.289. The molecule has 2 heterocycles. The number of hydrogen-bond acceptors (Lipinski definition) is 8. The number of aliphatic carboxylic acids is 1. The summed E-state index contributed by atoms with van der Waals surface area (Å²) in [6, 6.07) is 3.94. The summed E-state index contributed by atoms with van der Waals surface area (Å²) in [7, 11) is 0. The third-order valence-corrected chi connectivity index (χ3v) is 5.67. The lowest BCUT2D eigenvalue weighted by molar-refractivity contribution is -0.384. The van der Waals surface area contributed by atoms with Gasteiger partial charge < -0.3 is 15.2 Å². The molecule has 11 nitrogen and oxygen atoms in total. The lowest BCUT2D eigenvalue weighted by Crippen LogP contribution is -2.70. The van der Waals surface area contributed by atoms with Crippen LogP contribution < -0.4 is 5.32 Å². The minimum atomic E-state index is -1.33. The van der Waals surface area contributed by atoms with E-state index in [-0.39, 0.29) is 29.3 Å². The SMILES string of the molecule is CC(=O)OCC1=C(C(=O)O)N2C(=O)[C@@H](NC(=O)c3ccc([N+](=O)[O-])cc3)[C@H]2SC1. The summed E-state index contributed by atoms with van der Waals surface area (Å²) in [5.41, 5.74) is 0.00214. The van der Waals surface area contributed by atoms with Gasteiger partial charge in [0, 0.05) is 35.9 Å². The highest BCUT2D eigenvalue weighted by molar-refractivity contribution is 8.00. The molecule has 3 rings (SSSR count). The average molecular weight is 421 g/mol. The Balaban J connectivity index is 1.73. The third-order valence-electron chi connectivity index (χ3n) is 4.33. The van der Waals surface area contributed by atoms with Crippen molar-refractivity contribution in [2.75, 3.05) is 12.4 Å². The van der Waals surface area contributed by atoms with Crippen molar-refractivity contribution in [3.8, 4) is 0 Å². The summed E-state index contributed by atoms with van der Waals surface area (Å²) in [5.74, 6) is -2.89. The zero-order valence-corrected chi connectivity index (χ0v) is 15.8. The monoisotopic (exact) mass is 421 g/mol. The van der Waals surface area contributed by atoms with Crippen LogP contribution in [0, 0.1) is 10.1 Å². The number of fused-ring (bicyclic) bond motifs is 1. The number of amides is 2. The number of β-lactam (4-membered cyclic amide) rings is 1. The number of nitrogens with one attached hydrogen (secondary N) is 1. The molecule has 2 aliphatic rings. The first kappa shape index (κ1) is 20.3. The molecule has 1 aromatic carbocycles. The van der Waals surface area contributed by atoms with Gasteiger partial charge in [-0.25, -0.2) is 4.79 Å². The summed E-state index contributed by atoms with van der Waals surface area (Å²) in [5, 5.41) is 22.1. The normalized spacial score (nSPS) is 20.4. The van der Waals surface area contributed by atoms with Crippen LogP contribution in [0.3, 0.4) is 0 Å². The van der Waals surface area contributed by atoms with Gasteiger partial charge in [0.05, 0.1) is 4.92 Å². The van der Waals surface area contributed by atoms with Gasteiger partial charge in [0.1, 0.15) is 23.7 Å². The molecule has 2 aliphatic heterocycles. The Hall–Kier alpha value is -3.41. The van der Waals surface area contributed by atoms with E-state index in [0.29, 0.717) is 5.57 Å². The van der Waals surface area contributed by atoms with E-state index in [2.05, 4.69) is 5.32 Å². The number of carbonyl (C=O) groups excluding carboxylic acids is 3. The first-order valence-electron chi connectivity index (χ1n) is 8.29. The molecule has 29 heavy (non-hydrogen) atoms. The van der Waals surface area contributed by atoms with Crippen molar-refractivity contribution in [3.63, 3.8) is 0 Å². The van der Waals surface area contributed by atoms with Gasteiger partial charge in [-0.05, 0) is 12.1 Å². The molecule has 2 atom stereocenters. The number of non-ortho nitro benzene ring substituents is 1. The second-order valence-electron chi connectivity index (χ2n) is 6.20. The molecule has 0 radical (unpaired) electrons. The summed E-state index contributed by atoms with van der Waals surface area (Å²) < 4.78 is 4.85. The Labute approximate surface area is 167 Å². The fourth-order valence-electron chi connectivity index (χ4n) is 2.94. The van der Waals surface area contributed by atoms with E-state index >= 15 is 0 Å². The number of hydrogen-bond donors (Lipinski definition) is 2. The van der Waals surface area contributed by atoms with Crippen LogP contribution in [-0.2, 0) is 19.1 Å². The van der Waals surface area contributed by atoms with Crippen molar-refractivity contribution in [1.82, 2.24) is 10.2 Å². The smallest absolute Gasteiger partial charge is 0.352 e. The van der Waals surface area contributed by atoms with Gasteiger partial charge >= 0.3 is 11.9 Å². The maximum absolute atomic E-state index is 12.5. The molecule has 0 saturated carbocycles. The molecule has 1 saturated heterocycles. The standard InChI is InChI=1S/C17H15N3O8S/c1-8(21)28-6-10-7-29-16-12(15(23)19(16)13(10)17(24)25)18-14(22)9-2-4-11(5-3-9)20(26)27/h2-5,12,16H,6-7H2,1H3,(H,18,22)(H,24,25)/t12-,16-/m1/s1. The molecule has 0 bridgehead atoms. The van der Waals surface area contributed by atoms with Gasteiger partial charge in [-0.15, -0.1) is 11.8 Å². The number of nitrogens with zero attached hydrogens (tertiary/aromatic N) is 2. The number of rotatable bonds is 6. The molecule has 12 heteroatoms. The summed E-state index contributed by atoms with van der Waals surface area (Å²) >= 11 is 1.24. The van der Waals surface area contributed by atoms with E-state index in [1.54, 1.807) is 0 Å². The molecule has 1 fully saturated rings. The number of nitro benzene ring substituents is 1. The van der Waals surface area contributed by atoms with Crippen LogP contribution in [0.1, 0.15) is 17.3 Å². The molecule has 0 aliphatic carbocycles. The predicted octanol–water partition coefficient (Wildman–Crippen LogP) is 0.510. The van der Waals surface area contributed by atoms with Crippen LogP contribution in [0.25, 0.3) is 0 Å². The van der Waals surface area contributed by atoms with Crippen LogP contribution in [0.5, 0.6) is 0 Å². The van der Waals surface area contributed by atoms with Crippen molar-refractivity contribution < 1.29 is 33.9 Å². The zero-order chi connectivity index (χ0) is 21.3. The fraction of sp³-hybridized carbons (Fsp3) is 0.294. The van der Waals surface area contributed by atoms with Crippen molar-refractivity contribution >= 4 is 41.2 Å². The molecule has 0 spiro atoms. The molecule has 2 N–H and O–H groups in total. The molecular formula is C17H15N3O8S. The Morgan fingerprint density at radius 2 is 2.00 bits per heavy atom. The van der Waals surface area contributed by atoms with E-state index in [1.165, 1.54) is 43.0 Å². The van der Waals surface area contributed by atoms with Gasteiger partial charge in [-0.2, -0.15) is 0 Å². The van der Waals surface area contributed by atoms with Gasteiger partial charge in [-0.1, -0.05) is 0 Å². The molecule has 0 aromatic heterocycles. The second kappa shape index (κ2) is 7.91. The van der Waals surface area contributed by atoms with Crippen LogP contribution in [0.4, 0.5) is 5.69 Å². The Kier molecular flexibility index (Phi) is 5.55. The topological polar surface area (TPSA) is 156 Å². The number of esters is 1. The van der Waals surface area contributed by atoms with Crippen LogP contribution in [-0.4, -0.2) is 62.5 Å². The third kappa shape index (κ3) is 3.92. The largest absolute Gasteiger partial charge is 0.477 e. The molecule has 1 aromatic rings. The first-order chi connectivity index (χ1) is 13.7. The van der Waals surface area contributed by atoms with E-state index in [0.717, 1.165) is 4.90 Å². The summed E-state index contributed by atoms with van der Waals surface area (Å²) in [6.45, 7) is 0.957. The average Bonchev–Trinajstić information content (AvgIpc) is 2.69. The Morgan fingerprint density at radius 3 is 2.55 bits per heavy atom. The van der Waals surface area contributed by atoms with E-state index in [9.17, 15) is 34.4 Å². The highest BCUT2D eigenvalue weighted by Gasteiger charge is 2.54. The number of thioether (sulfide) groups is 1. The molecular weight excluding hydrogens is 406 g/mol. The van der Waals surface area contributed by atoms with E-state index < -0.39 is 40.1 Å². The maximum atomic E-state index is 12.5. The minimum absolute atomic E-state index is 0.132. The zero-order valence-electron chi connectivity index (χ0n) is 15.0. The molecule has 2 amide bonds. The lowest BCUT2D eigenvalue weighted by Gasteiger charge is -2.49. The fourth-order valence-corrected chi connectivity index (χ4v) is 4.27. The summed E-state index contributed by atoms with van der Waals surface area (Å²) in [6.07, 6.45) is 0. The number of benzene rings is 1. The molecule has 152 valence electrons. The lowest BCUT2D eigenvalue weighted by atomic mass is 10.0. The summed E-state index contributed by atoms with van der Waals surface area (Å²) in [4.78, 5) is 58.6. The van der Waals surface area contributed by atoms with Crippen molar-refractivity contribution in [2.24, 2.45) is 0 Å². The second-order valence-corrected chi connectivity index (χ2v) is 7.31. The highest BCUT2D eigenvalue weighted by Crippen LogP contribution is 2.40. The number of carboxylic acids is 1. The number of ether oxygens (including phenoxy) is 1. The molecule has 0 unspecified atom stereocenters. The van der Waals surface area contributed by atoms with Gasteiger partial charge in [0.15, 0.2) is 0 Å². The van der Waals surface area contributed by atoms with Crippen molar-refractivity contribution in [2.45, 2.75) is 18.3 Å². The van der Waals surface area contributed by atoms with Gasteiger partial charge in [0.25, 0.3) is 17.5 Å². The van der Waals surface area contributed by atoms with Gasteiger partial charge in [0.2, 0.25) is 0 Å². The van der Waals surface area contributed by atoms with Crippen molar-refractivity contribution in [3.05, 3.63) is 51.2 Å². The predicted molar refractivity (Wildman–Crippen MR) is 98.7 cm³/mol. The van der Waals surface area contributed by atoms with Gasteiger partial charge in [-0.3, -0.25) is 29.4 Å². The number of carboxylic acid groups (broad SMARTS) is 1. The van der Waals surface area contributed by atoms with Crippen molar-refractivity contribution in [1.29, 1.82) is 0 Å². The number of nitro groups is 1. The maximum Gasteiger partial charge on any atom is 0.352 e. The highest BCUT2D eigenvalue weighted by atomic mass is 32.2. The Morgan fingerprint density at radius 1 is 1.34 bits per heavy atom. The Bertz CT molecular complexity index is 943. The van der Waals surface area contributed by atoms with Crippen LogP contribution >= 0.6 is 11.8 Å². The number of carbonyl (C=O) groups is 4. The van der Waals surface area contributed by atoms with Crippen LogP contribution in [0.15, 0.2) is 35.5 Å². The first-order valence-corrected chi connectivity index (χ1v) is 9.34. The minimum Gasteiger partial charge on any atom is -0.477 e.